The molecule has 0 saturated carbocycles. The fourth-order valence-electron chi connectivity index (χ4n) is 1.67. The number of aromatic nitrogens is 4. The predicted molar refractivity (Wildman–Crippen MR) is 77.6 cm³/mol. The summed E-state index contributed by atoms with van der Waals surface area (Å²) in [6.45, 7) is 4.57. The van der Waals surface area contributed by atoms with Crippen molar-refractivity contribution in [2.24, 2.45) is 7.05 Å². The molecule has 3 N–H and O–H groups in total. The van der Waals surface area contributed by atoms with Gasteiger partial charge in [-0.15, -0.1) is 0 Å². The van der Waals surface area contributed by atoms with Gasteiger partial charge in [0.1, 0.15) is 12.1 Å². The molecule has 0 aliphatic carbocycles. The lowest BCUT2D eigenvalue weighted by Gasteiger charge is -2.12. The second kappa shape index (κ2) is 6.23. The molecule has 0 bridgehead atoms. The molecular formula is C13H20N6O. The fraction of sp³-hybridized carbons (Fsp3) is 0.462. The molecule has 7 heteroatoms. The van der Waals surface area contributed by atoms with E-state index >= 15 is 0 Å². The highest BCUT2D eigenvalue weighted by molar-refractivity contribution is 5.53. The molecule has 2 aromatic rings. The average molecular weight is 276 g/mol. The third-order valence-corrected chi connectivity index (χ3v) is 2.54. The minimum absolute atomic E-state index is 0.0396. The van der Waals surface area contributed by atoms with Crippen molar-refractivity contribution in [2.45, 2.75) is 26.4 Å². The van der Waals surface area contributed by atoms with Gasteiger partial charge in [0.2, 0.25) is 5.88 Å². The van der Waals surface area contributed by atoms with Crippen LogP contribution in [0.3, 0.4) is 0 Å². The summed E-state index contributed by atoms with van der Waals surface area (Å²) in [5, 5.41) is 7.42. The van der Waals surface area contributed by atoms with E-state index in [1.165, 1.54) is 0 Å². The lowest BCUT2D eigenvalue weighted by Crippen LogP contribution is -2.12. The van der Waals surface area contributed by atoms with Gasteiger partial charge in [-0.3, -0.25) is 4.68 Å². The molecule has 0 amide bonds. The first kappa shape index (κ1) is 14.1. The number of nitrogens with zero attached hydrogens (tertiary/aromatic N) is 4. The highest BCUT2D eigenvalue weighted by Gasteiger charge is 2.06. The number of anilines is 2. The summed E-state index contributed by atoms with van der Waals surface area (Å²) < 4.78 is 7.24. The standard InChI is InChI=1S/C13H20N6O/c1-9(2)20-13-10(14)4-5-11(17-13)15-7-6-12-16-8-19(3)18-12/h4-5,8-9H,6-7,14H2,1-3H3,(H,15,17). The minimum Gasteiger partial charge on any atom is -0.473 e. The van der Waals surface area contributed by atoms with Crippen LogP contribution in [0, 0.1) is 0 Å². The van der Waals surface area contributed by atoms with E-state index in [0.717, 1.165) is 18.1 Å². The van der Waals surface area contributed by atoms with Crippen LogP contribution < -0.4 is 15.8 Å². The van der Waals surface area contributed by atoms with Gasteiger partial charge in [-0.1, -0.05) is 0 Å². The van der Waals surface area contributed by atoms with E-state index in [4.69, 9.17) is 10.5 Å². The van der Waals surface area contributed by atoms with Gasteiger partial charge in [0.05, 0.1) is 11.8 Å². The van der Waals surface area contributed by atoms with Crippen molar-refractivity contribution in [1.82, 2.24) is 19.7 Å². The van der Waals surface area contributed by atoms with E-state index in [2.05, 4.69) is 20.4 Å². The molecule has 0 saturated heterocycles. The number of hydrogen-bond acceptors (Lipinski definition) is 6. The van der Waals surface area contributed by atoms with Gasteiger partial charge in [0.15, 0.2) is 5.82 Å². The van der Waals surface area contributed by atoms with Crippen molar-refractivity contribution in [1.29, 1.82) is 0 Å². The Hall–Kier alpha value is -2.31. The van der Waals surface area contributed by atoms with E-state index in [0.29, 0.717) is 18.1 Å². The predicted octanol–water partition coefficient (Wildman–Crippen LogP) is 1.23. The average Bonchev–Trinajstić information content (AvgIpc) is 2.78. The molecule has 108 valence electrons. The van der Waals surface area contributed by atoms with Crippen LogP contribution >= 0.6 is 0 Å². The van der Waals surface area contributed by atoms with Crippen LogP contribution in [0.5, 0.6) is 5.88 Å². The largest absolute Gasteiger partial charge is 0.473 e. The minimum atomic E-state index is 0.0396. The second-order valence-corrected chi connectivity index (χ2v) is 4.77. The van der Waals surface area contributed by atoms with Gasteiger partial charge in [0, 0.05) is 20.0 Å². The molecule has 0 atom stereocenters. The number of aryl methyl sites for hydroxylation is 1. The third-order valence-electron chi connectivity index (χ3n) is 2.54. The molecule has 2 aromatic heterocycles. The molecule has 2 rings (SSSR count). The Bertz CT molecular complexity index is 566. The molecule has 0 radical (unpaired) electrons. The van der Waals surface area contributed by atoms with Gasteiger partial charge >= 0.3 is 0 Å². The van der Waals surface area contributed by atoms with Crippen LogP contribution in [0.2, 0.25) is 0 Å². The monoisotopic (exact) mass is 276 g/mol. The second-order valence-electron chi connectivity index (χ2n) is 4.77. The Labute approximate surface area is 118 Å². The van der Waals surface area contributed by atoms with Gasteiger partial charge in [-0.05, 0) is 26.0 Å². The Morgan fingerprint density at radius 3 is 2.85 bits per heavy atom. The van der Waals surface area contributed by atoms with E-state index in [1.54, 1.807) is 17.1 Å². The van der Waals surface area contributed by atoms with E-state index in [-0.39, 0.29) is 6.10 Å². The van der Waals surface area contributed by atoms with Crippen molar-refractivity contribution in [3.8, 4) is 5.88 Å². The number of ether oxygens (including phenoxy) is 1. The number of nitrogen functional groups attached to an aromatic ring is 1. The first-order chi connectivity index (χ1) is 9.54. The summed E-state index contributed by atoms with van der Waals surface area (Å²) in [5.41, 5.74) is 6.36. The summed E-state index contributed by atoms with van der Waals surface area (Å²) in [6.07, 6.45) is 2.45. The molecule has 0 aliphatic rings. The van der Waals surface area contributed by atoms with Crippen molar-refractivity contribution in [3.05, 3.63) is 24.3 Å². The molecule has 7 nitrogen and oxygen atoms in total. The van der Waals surface area contributed by atoms with Gasteiger partial charge in [-0.25, -0.2) is 4.98 Å². The number of pyridine rings is 1. The Kier molecular flexibility index (Phi) is 4.39. The summed E-state index contributed by atoms with van der Waals surface area (Å²) in [4.78, 5) is 8.51. The summed E-state index contributed by atoms with van der Waals surface area (Å²) >= 11 is 0. The van der Waals surface area contributed by atoms with Gasteiger partial charge < -0.3 is 15.8 Å². The van der Waals surface area contributed by atoms with Gasteiger partial charge in [0.25, 0.3) is 0 Å². The number of nitrogens with two attached hydrogens (primary N) is 1. The molecule has 0 unspecified atom stereocenters. The first-order valence-electron chi connectivity index (χ1n) is 6.56. The maximum Gasteiger partial charge on any atom is 0.239 e. The van der Waals surface area contributed by atoms with Crippen LogP contribution in [0.1, 0.15) is 19.7 Å². The molecule has 0 spiro atoms. The highest BCUT2D eigenvalue weighted by Crippen LogP contribution is 2.21. The van der Waals surface area contributed by atoms with Crippen molar-refractivity contribution < 1.29 is 4.74 Å². The maximum absolute atomic E-state index is 5.82. The number of rotatable bonds is 6. The van der Waals surface area contributed by atoms with Crippen molar-refractivity contribution >= 4 is 11.5 Å². The van der Waals surface area contributed by atoms with E-state index in [9.17, 15) is 0 Å². The molecule has 0 aromatic carbocycles. The van der Waals surface area contributed by atoms with E-state index in [1.807, 2.05) is 27.0 Å². The Balaban J connectivity index is 1.92. The zero-order valence-corrected chi connectivity index (χ0v) is 12.0. The lowest BCUT2D eigenvalue weighted by molar-refractivity contribution is 0.234. The molecule has 2 heterocycles. The van der Waals surface area contributed by atoms with Crippen LogP contribution in [0.15, 0.2) is 18.5 Å². The smallest absolute Gasteiger partial charge is 0.239 e. The van der Waals surface area contributed by atoms with Crippen molar-refractivity contribution in [2.75, 3.05) is 17.6 Å². The van der Waals surface area contributed by atoms with Crippen LogP contribution in [-0.4, -0.2) is 32.4 Å². The lowest BCUT2D eigenvalue weighted by atomic mass is 10.3. The zero-order valence-electron chi connectivity index (χ0n) is 12.0. The molecular weight excluding hydrogens is 256 g/mol. The highest BCUT2D eigenvalue weighted by atomic mass is 16.5. The Morgan fingerprint density at radius 2 is 2.20 bits per heavy atom. The van der Waals surface area contributed by atoms with Crippen LogP contribution in [0.25, 0.3) is 0 Å². The quantitative estimate of drug-likeness (QED) is 0.824. The van der Waals surface area contributed by atoms with Crippen LogP contribution in [-0.2, 0) is 13.5 Å². The topological polar surface area (TPSA) is 90.9 Å². The normalized spacial score (nSPS) is 10.8. The number of hydrogen-bond donors (Lipinski definition) is 2. The molecule has 0 aliphatic heterocycles. The van der Waals surface area contributed by atoms with E-state index < -0.39 is 0 Å². The summed E-state index contributed by atoms with van der Waals surface area (Å²) in [6, 6.07) is 3.61. The molecule has 20 heavy (non-hydrogen) atoms. The third kappa shape index (κ3) is 3.84. The summed E-state index contributed by atoms with van der Waals surface area (Å²) in [5.74, 6) is 1.99. The number of nitrogens with one attached hydrogen (secondary N) is 1. The van der Waals surface area contributed by atoms with Crippen LogP contribution in [0.4, 0.5) is 11.5 Å². The fourth-order valence-corrected chi connectivity index (χ4v) is 1.67. The zero-order chi connectivity index (χ0) is 14.5. The van der Waals surface area contributed by atoms with Crippen molar-refractivity contribution in [3.63, 3.8) is 0 Å². The summed E-state index contributed by atoms with van der Waals surface area (Å²) in [7, 11) is 1.85. The first-order valence-corrected chi connectivity index (χ1v) is 6.56. The molecule has 0 fully saturated rings. The maximum atomic E-state index is 5.82. The SMILES string of the molecule is CC(C)Oc1nc(NCCc2ncn(C)n2)ccc1N. The Morgan fingerprint density at radius 1 is 1.40 bits per heavy atom. The van der Waals surface area contributed by atoms with Gasteiger partial charge in [-0.2, -0.15) is 10.1 Å².